The van der Waals surface area contributed by atoms with Crippen molar-refractivity contribution in [1.82, 2.24) is 14.5 Å². The minimum atomic E-state index is -3.02. The van der Waals surface area contributed by atoms with E-state index in [9.17, 15) is 8.42 Å². The summed E-state index contributed by atoms with van der Waals surface area (Å²) in [6, 6.07) is 3.38. The summed E-state index contributed by atoms with van der Waals surface area (Å²) >= 11 is 5.98. The summed E-state index contributed by atoms with van der Waals surface area (Å²) < 4.78 is 30.8. The SMILES string of the molecule is COc1ccc2nc(CCl)n(C3CCCS(=O)(=O)C3)c2n1. The molecule has 0 radical (unpaired) electrons. The zero-order chi connectivity index (χ0) is 15.0. The molecule has 1 atom stereocenters. The van der Waals surface area contributed by atoms with E-state index in [-0.39, 0.29) is 23.4 Å². The molecule has 8 heteroatoms. The monoisotopic (exact) mass is 329 g/mol. The number of rotatable bonds is 3. The summed E-state index contributed by atoms with van der Waals surface area (Å²) in [6.45, 7) is 0. The van der Waals surface area contributed by atoms with Gasteiger partial charge in [0.05, 0.1) is 30.5 Å². The van der Waals surface area contributed by atoms with Crippen molar-refractivity contribution in [2.45, 2.75) is 24.8 Å². The number of hydrogen-bond acceptors (Lipinski definition) is 5. The summed E-state index contributed by atoms with van der Waals surface area (Å²) in [4.78, 5) is 8.86. The molecular formula is C13H16ClN3O3S. The van der Waals surface area contributed by atoms with Gasteiger partial charge in [-0.15, -0.1) is 11.6 Å². The molecule has 1 unspecified atom stereocenters. The van der Waals surface area contributed by atoms with Crippen LogP contribution in [0.4, 0.5) is 0 Å². The minimum absolute atomic E-state index is 0.112. The Morgan fingerprint density at radius 1 is 1.43 bits per heavy atom. The van der Waals surface area contributed by atoms with Gasteiger partial charge in [0, 0.05) is 6.07 Å². The number of alkyl halides is 1. The van der Waals surface area contributed by atoms with Crippen molar-refractivity contribution < 1.29 is 13.2 Å². The largest absolute Gasteiger partial charge is 0.481 e. The van der Waals surface area contributed by atoms with Crippen LogP contribution in [-0.2, 0) is 15.7 Å². The smallest absolute Gasteiger partial charge is 0.215 e. The van der Waals surface area contributed by atoms with E-state index in [0.717, 1.165) is 6.42 Å². The first-order valence-corrected chi connectivity index (χ1v) is 9.08. The molecule has 0 N–H and O–H groups in total. The number of aromatic nitrogens is 3. The Hall–Kier alpha value is -1.34. The molecule has 21 heavy (non-hydrogen) atoms. The zero-order valence-electron chi connectivity index (χ0n) is 11.6. The molecule has 3 rings (SSSR count). The Kier molecular flexibility index (Phi) is 3.79. The van der Waals surface area contributed by atoms with Crippen LogP contribution in [0.1, 0.15) is 24.7 Å². The van der Waals surface area contributed by atoms with E-state index in [1.54, 1.807) is 13.2 Å². The van der Waals surface area contributed by atoms with E-state index >= 15 is 0 Å². The van der Waals surface area contributed by atoms with Gasteiger partial charge in [0.1, 0.15) is 11.3 Å². The third-order valence-corrected chi connectivity index (χ3v) is 5.76. The Morgan fingerprint density at radius 3 is 2.90 bits per heavy atom. The van der Waals surface area contributed by atoms with Crippen LogP contribution in [0, 0.1) is 0 Å². The number of ether oxygens (including phenoxy) is 1. The normalized spacial score (nSPS) is 21.5. The van der Waals surface area contributed by atoms with Crippen LogP contribution in [0.25, 0.3) is 11.2 Å². The summed E-state index contributed by atoms with van der Waals surface area (Å²) in [7, 11) is -1.47. The first-order chi connectivity index (χ1) is 10.0. The summed E-state index contributed by atoms with van der Waals surface area (Å²) in [5, 5.41) is 0. The maximum Gasteiger partial charge on any atom is 0.215 e. The first kappa shape index (κ1) is 14.6. The summed E-state index contributed by atoms with van der Waals surface area (Å²) in [5.41, 5.74) is 1.33. The molecule has 0 saturated carbocycles. The van der Waals surface area contributed by atoms with Gasteiger partial charge in [-0.05, 0) is 18.9 Å². The third-order valence-electron chi connectivity index (χ3n) is 3.72. The van der Waals surface area contributed by atoms with Gasteiger partial charge < -0.3 is 9.30 Å². The van der Waals surface area contributed by atoms with E-state index in [4.69, 9.17) is 16.3 Å². The Balaban J connectivity index is 2.15. The number of sulfone groups is 1. The maximum absolute atomic E-state index is 11.9. The number of hydrogen-bond donors (Lipinski definition) is 0. The highest BCUT2D eigenvalue weighted by atomic mass is 35.5. The van der Waals surface area contributed by atoms with Crippen LogP contribution in [0.5, 0.6) is 5.88 Å². The fraction of sp³-hybridized carbons (Fsp3) is 0.538. The molecule has 114 valence electrons. The number of methoxy groups -OCH3 is 1. The molecule has 1 aliphatic heterocycles. The molecule has 0 aliphatic carbocycles. The molecule has 2 aromatic heterocycles. The lowest BCUT2D eigenvalue weighted by Gasteiger charge is -2.24. The second kappa shape index (κ2) is 5.46. The van der Waals surface area contributed by atoms with Gasteiger partial charge in [-0.3, -0.25) is 0 Å². The lowest BCUT2D eigenvalue weighted by atomic mass is 10.2. The highest BCUT2D eigenvalue weighted by molar-refractivity contribution is 7.91. The van der Waals surface area contributed by atoms with Crippen molar-refractivity contribution >= 4 is 32.6 Å². The number of nitrogens with zero attached hydrogens (tertiary/aromatic N) is 3. The van der Waals surface area contributed by atoms with Gasteiger partial charge in [0.25, 0.3) is 0 Å². The van der Waals surface area contributed by atoms with Gasteiger partial charge in [0.2, 0.25) is 5.88 Å². The average molecular weight is 330 g/mol. The maximum atomic E-state index is 11.9. The number of imidazole rings is 1. The molecule has 0 bridgehead atoms. The topological polar surface area (TPSA) is 74.1 Å². The Labute approximate surface area is 128 Å². The molecule has 1 saturated heterocycles. The fourth-order valence-electron chi connectivity index (χ4n) is 2.80. The molecule has 0 aromatic carbocycles. The van der Waals surface area contributed by atoms with Gasteiger partial charge in [0.15, 0.2) is 15.5 Å². The van der Waals surface area contributed by atoms with Crippen molar-refractivity contribution in [2.24, 2.45) is 0 Å². The Morgan fingerprint density at radius 2 is 2.24 bits per heavy atom. The van der Waals surface area contributed by atoms with E-state index in [2.05, 4.69) is 9.97 Å². The second-order valence-electron chi connectivity index (χ2n) is 5.14. The lowest BCUT2D eigenvalue weighted by Crippen LogP contribution is -2.28. The minimum Gasteiger partial charge on any atom is -0.481 e. The molecule has 1 aliphatic rings. The van der Waals surface area contributed by atoms with Crippen LogP contribution < -0.4 is 4.74 Å². The van der Waals surface area contributed by atoms with Gasteiger partial charge >= 0.3 is 0 Å². The molecule has 2 aromatic rings. The van der Waals surface area contributed by atoms with Crippen LogP contribution >= 0.6 is 11.6 Å². The standard InChI is InChI=1S/C13H16ClN3O3S/c1-20-12-5-4-10-13(16-12)17(11(7-14)15-10)9-3-2-6-21(18,19)8-9/h4-5,9H,2-3,6-8H2,1H3. The molecular weight excluding hydrogens is 314 g/mol. The molecule has 1 fully saturated rings. The fourth-order valence-corrected chi connectivity index (χ4v) is 4.66. The number of halogens is 1. The lowest BCUT2D eigenvalue weighted by molar-refractivity contribution is 0.397. The number of fused-ring (bicyclic) bond motifs is 1. The molecule has 6 nitrogen and oxygen atoms in total. The van der Waals surface area contributed by atoms with Gasteiger partial charge in [-0.25, -0.2) is 13.4 Å². The molecule has 0 spiro atoms. The van der Waals surface area contributed by atoms with E-state index in [1.165, 1.54) is 0 Å². The van der Waals surface area contributed by atoms with E-state index in [0.29, 0.717) is 29.3 Å². The predicted molar refractivity (Wildman–Crippen MR) is 80.6 cm³/mol. The summed E-state index contributed by atoms with van der Waals surface area (Å²) in [6.07, 6.45) is 1.44. The van der Waals surface area contributed by atoms with Crippen LogP contribution in [0.15, 0.2) is 12.1 Å². The van der Waals surface area contributed by atoms with Crippen molar-refractivity contribution in [3.63, 3.8) is 0 Å². The van der Waals surface area contributed by atoms with Crippen molar-refractivity contribution in [3.8, 4) is 5.88 Å². The van der Waals surface area contributed by atoms with E-state index < -0.39 is 9.84 Å². The summed E-state index contributed by atoms with van der Waals surface area (Å²) in [5.74, 6) is 1.71. The average Bonchev–Trinajstić information content (AvgIpc) is 2.83. The first-order valence-electron chi connectivity index (χ1n) is 6.72. The number of pyridine rings is 1. The second-order valence-corrected chi connectivity index (χ2v) is 7.63. The van der Waals surface area contributed by atoms with Crippen molar-refractivity contribution in [2.75, 3.05) is 18.6 Å². The van der Waals surface area contributed by atoms with Crippen LogP contribution in [0.3, 0.4) is 0 Å². The zero-order valence-corrected chi connectivity index (χ0v) is 13.2. The van der Waals surface area contributed by atoms with Crippen LogP contribution in [-0.4, -0.2) is 41.6 Å². The predicted octanol–water partition coefficient (Wildman–Crippen LogP) is 1.93. The van der Waals surface area contributed by atoms with Gasteiger partial charge in [-0.1, -0.05) is 0 Å². The van der Waals surface area contributed by atoms with Gasteiger partial charge in [-0.2, -0.15) is 4.98 Å². The Bertz CT molecular complexity index is 772. The highest BCUT2D eigenvalue weighted by Gasteiger charge is 2.29. The highest BCUT2D eigenvalue weighted by Crippen LogP contribution is 2.29. The molecule has 0 amide bonds. The molecule has 3 heterocycles. The quantitative estimate of drug-likeness (QED) is 0.804. The van der Waals surface area contributed by atoms with E-state index in [1.807, 2.05) is 10.6 Å². The van der Waals surface area contributed by atoms with Crippen molar-refractivity contribution in [3.05, 3.63) is 18.0 Å². The third kappa shape index (κ3) is 2.72. The van der Waals surface area contributed by atoms with Crippen molar-refractivity contribution in [1.29, 1.82) is 0 Å². The van der Waals surface area contributed by atoms with Crippen LogP contribution in [0.2, 0.25) is 0 Å².